The van der Waals surface area contributed by atoms with Crippen LogP contribution in [0.5, 0.6) is 0 Å². The molecule has 2 heterocycles. The molecule has 0 unspecified atom stereocenters. The van der Waals surface area contributed by atoms with Gasteiger partial charge in [-0.15, -0.1) is 0 Å². The third kappa shape index (κ3) is 14.0. The van der Waals surface area contributed by atoms with E-state index in [1.807, 2.05) is 6.07 Å². The molecule has 0 aliphatic carbocycles. The SMILES string of the molecule is N#Cc1ccc(-c2ccc(-c3c(C(F)(F)F)cccc3C(F)(F)F)cc2-n2c3ccc(-c4ccc(C(F)(F)F)cc4C(F)(F)F)cc3c3cc(-c4ccc(C(F)(F)F)cc4C(F)(F)F)ccc32)c(-n2c3ccc(-c4ccc(C(F)(F)F)cc4C(F)(F)F)cc3c3cc(-c4ccc(C(F)(F)F)cc4C(F)(F)F)ccc32)c1. The molecule has 11 aromatic carbocycles. The van der Waals surface area contributed by atoms with Crippen LogP contribution in [0.15, 0.2) is 200 Å². The summed E-state index contributed by atoms with van der Waals surface area (Å²) < 4.78 is 444. The number of hydrogen-bond acceptors (Lipinski definition) is 1. The number of benzene rings is 11. The number of halogens is 30. The number of rotatable bonds is 8. The molecule has 0 fully saturated rings. The quantitative estimate of drug-likeness (QED) is 0.140. The number of fused-ring (bicyclic) bond motifs is 6. The average Bonchev–Trinajstić information content (AvgIpc) is 1.54. The Morgan fingerprint density at radius 1 is 0.218 bits per heavy atom. The molecule has 0 saturated heterocycles. The van der Waals surface area contributed by atoms with E-state index in [-0.39, 0.29) is 93.6 Å². The van der Waals surface area contributed by atoms with Crippen molar-refractivity contribution in [2.75, 3.05) is 0 Å². The zero-order chi connectivity index (χ0) is 80.2. The molecule has 2 aromatic heterocycles. The first-order valence-corrected chi connectivity index (χ1v) is 31.1. The van der Waals surface area contributed by atoms with E-state index in [4.69, 9.17) is 0 Å². The predicted octanol–water partition coefficient (Wildman–Crippen LogP) is 27.9. The van der Waals surface area contributed by atoms with Crippen LogP contribution in [-0.4, -0.2) is 9.13 Å². The minimum atomic E-state index is -5.67. The van der Waals surface area contributed by atoms with Gasteiger partial charge in [-0.1, -0.05) is 72.8 Å². The predicted molar refractivity (Wildman–Crippen MR) is 342 cm³/mol. The number of nitriles is 1. The molecule has 0 bridgehead atoms. The summed E-state index contributed by atoms with van der Waals surface area (Å²) in [6, 6.07) is 20.5. The van der Waals surface area contributed by atoms with Crippen LogP contribution < -0.4 is 0 Å². The van der Waals surface area contributed by atoms with Crippen molar-refractivity contribution in [2.24, 2.45) is 0 Å². The fourth-order valence-electron chi connectivity index (χ4n) is 13.5. The van der Waals surface area contributed by atoms with Crippen molar-refractivity contribution in [2.45, 2.75) is 61.8 Å². The van der Waals surface area contributed by atoms with Crippen molar-refractivity contribution in [1.29, 1.82) is 5.26 Å². The molecule has 0 saturated carbocycles. The molecule has 0 spiro atoms. The molecule has 110 heavy (non-hydrogen) atoms. The van der Waals surface area contributed by atoms with Gasteiger partial charge < -0.3 is 9.13 Å². The molecule has 0 atom stereocenters. The Hall–Kier alpha value is -11.6. The molecule has 0 aliphatic rings. The maximum atomic E-state index is 15.4. The Labute approximate surface area is 595 Å². The van der Waals surface area contributed by atoms with E-state index in [1.165, 1.54) is 0 Å². The highest BCUT2D eigenvalue weighted by Crippen LogP contribution is 2.53. The van der Waals surface area contributed by atoms with Crippen LogP contribution in [0.25, 0.3) is 122 Å². The third-order valence-corrected chi connectivity index (χ3v) is 18.2. The van der Waals surface area contributed by atoms with Crippen LogP contribution in [0, 0.1) is 11.3 Å². The standard InChI is InChI=1S/C77H33F30N3/c78-68(79,80)41-10-16-45(57(30-41)74(96,97)98)36-6-20-61-51(25-36)52-26-37(46-17-11-42(69(81,82)83)31-58(46)75(99,100)101)7-21-62(52)109(61)65-24-35(34-108)4-14-49(65)50-15-5-40(67-55(72(90,91)92)2-1-3-56(67)73(93,94)95)29-66(50)110-63-22-8-38(47-18-12-43(70(84,85)86)32-59(47)76(102,103)104)27-53(63)54-28-39(9-23-64(54)110)48-19-13-44(71(87,88)89)33-60(48)77(105,106)107/h1-33H. The molecule has 0 amide bonds. The van der Waals surface area contributed by atoms with Gasteiger partial charge in [-0.05, 0) is 177 Å². The molecule has 3 nitrogen and oxygen atoms in total. The van der Waals surface area contributed by atoms with Gasteiger partial charge in [0.2, 0.25) is 0 Å². The summed E-state index contributed by atoms with van der Waals surface area (Å²) in [5.41, 5.74) is -31.6. The van der Waals surface area contributed by atoms with Crippen molar-refractivity contribution >= 4 is 43.6 Å². The van der Waals surface area contributed by atoms with Gasteiger partial charge in [0.05, 0.1) is 101 Å². The van der Waals surface area contributed by atoms with Crippen LogP contribution in [0.4, 0.5) is 132 Å². The van der Waals surface area contributed by atoms with Gasteiger partial charge >= 0.3 is 61.8 Å². The van der Waals surface area contributed by atoms with Crippen LogP contribution in [0.1, 0.15) is 61.2 Å². The van der Waals surface area contributed by atoms with Gasteiger partial charge in [-0.25, -0.2) is 0 Å². The molecule has 0 N–H and O–H groups in total. The molecule has 0 aliphatic heterocycles. The lowest BCUT2D eigenvalue weighted by atomic mass is 9.90. The fraction of sp³-hybridized carbons (Fsp3) is 0.130. The second-order valence-corrected chi connectivity index (χ2v) is 24.9. The van der Waals surface area contributed by atoms with Crippen molar-refractivity contribution in [3.05, 3.63) is 261 Å². The van der Waals surface area contributed by atoms with Crippen LogP contribution in [0.3, 0.4) is 0 Å². The van der Waals surface area contributed by atoms with Gasteiger partial charge in [0.25, 0.3) is 0 Å². The Bertz CT molecular complexity index is 5650. The zero-order valence-electron chi connectivity index (χ0n) is 53.7. The summed E-state index contributed by atoms with van der Waals surface area (Å²) >= 11 is 0. The van der Waals surface area contributed by atoms with Gasteiger partial charge in [0, 0.05) is 38.2 Å². The summed E-state index contributed by atoms with van der Waals surface area (Å²) in [4.78, 5) is 0. The Balaban J connectivity index is 1.18. The minimum Gasteiger partial charge on any atom is -0.309 e. The third-order valence-electron chi connectivity index (χ3n) is 18.2. The lowest BCUT2D eigenvalue weighted by Crippen LogP contribution is -2.14. The maximum absolute atomic E-state index is 15.4. The second kappa shape index (κ2) is 25.8. The highest BCUT2D eigenvalue weighted by molar-refractivity contribution is 6.14. The molecule has 13 rings (SSSR count). The van der Waals surface area contributed by atoms with E-state index in [0.29, 0.717) is 42.5 Å². The summed E-state index contributed by atoms with van der Waals surface area (Å²) in [6.07, 6.45) is -55.4. The van der Waals surface area contributed by atoms with E-state index >= 15 is 52.7 Å². The van der Waals surface area contributed by atoms with E-state index in [2.05, 4.69) is 0 Å². The van der Waals surface area contributed by atoms with E-state index < -0.39 is 212 Å². The van der Waals surface area contributed by atoms with Gasteiger partial charge in [-0.2, -0.15) is 137 Å². The van der Waals surface area contributed by atoms with Crippen LogP contribution in [-0.2, 0) is 61.8 Å². The summed E-state index contributed by atoms with van der Waals surface area (Å²) in [5, 5.41) is 8.93. The highest BCUT2D eigenvalue weighted by Gasteiger charge is 2.45. The minimum absolute atomic E-state index is 0.237. The van der Waals surface area contributed by atoms with E-state index in [9.17, 15) is 84.3 Å². The van der Waals surface area contributed by atoms with Crippen molar-refractivity contribution < 1.29 is 132 Å². The molecule has 566 valence electrons. The molecular weight excluding hydrogens is 1540 g/mol. The Morgan fingerprint density at radius 3 is 0.718 bits per heavy atom. The van der Waals surface area contributed by atoms with E-state index in [1.54, 1.807) is 0 Å². The van der Waals surface area contributed by atoms with E-state index in [0.717, 1.165) is 106 Å². The topological polar surface area (TPSA) is 33.6 Å². The summed E-state index contributed by atoms with van der Waals surface area (Å²) in [6.45, 7) is 0. The molecule has 13 aromatic rings. The fourth-order valence-corrected chi connectivity index (χ4v) is 13.5. The first-order chi connectivity index (χ1) is 50.8. The monoisotopic (exact) mass is 1570 g/mol. The lowest BCUT2D eigenvalue weighted by Gasteiger charge is -2.22. The summed E-state index contributed by atoms with van der Waals surface area (Å²) in [5.74, 6) is 0. The Morgan fingerprint density at radius 2 is 0.464 bits per heavy atom. The van der Waals surface area contributed by atoms with Gasteiger partial charge in [0.1, 0.15) is 0 Å². The maximum Gasteiger partial charge on any atom is 0.417 e. The molecule has 0 radical (unpaired) electrons. The Kier molecular flexibility index (Phi) is 18.0. The van der Waals surface area contributed by atoms with Gasteiger partial charge in [-0.3, -0.25) is 0 Å². The number of aromatic nitrogens is 2. The zero-order valence-corrected chi connectivity index (χ0v) is 53.7. The van der Waals surface area contributed by atoms with Gasteiger partial charge in [0.15, 0.2) is 0 Å². The van der Waals surface area contributed by atoms with Crippen molar-refractivity contribution in [3.63, 3.8) is 0 Å². The number of alkyl halides is 30. The average molecular weight is 1570 g/mol. The van der Waals surface area contributed by atoms with Crippen molar-refractivity contribution in [3.8, 4) is 84.2 Å². The number of hydrogen-bond donors (Lipinski definition) is 0. The largest absolute Gasteiger partial charge is 0.417 e. The first kappa shape index (κ1) is 76.6. The van der Waals surface area contributed by atoms with Crippen molar-refractivity contribution in [1.82, 2.24) is 9.13 Å². The normalized spacial score (nSPS) is 13.4. The smallest absolute Gasteiger partial charge is 0.309 e. The second-order valence-electron chi connectivity index (χ2n) is 24.9. The van der Waals surface area contributed by atoms with Crippen LogP contribution >= 0.6 is 0 Å². The highest BCUT2D eigenvalue weighted by atomic mass is 19.4. The molecule has 33 heteroatoms. The first-order valence-electron chi connectivity index (χ1n) is 31.1. The summed E-state index contributed by atoms with van der Waals surface area (Å²) in [7, 11) is 0. The van der Waals surface area contributed by atoms with Crippen LogP contribution in [0.2, 0.25) is 0 Å². The number of nitrogens with zero attached hydrogens (tertiary/aromatic N) is 3. The lowest BCUT2D eigenvalue weighted by molar-refractivity contribution is -0.144. The molecular formula is C77H33F30N3.